The number of nitrogens with zero attached hydrogens (tertiary/aromatic N) is 1. The van der Waals surface area contributed by atoms with Gasteiger partial charge in [-0.3, -0.25) is 0 Å². The highest BCUT2D eigenvalue weighted by molar-refractivity contribution is 4.72. The Morgan fingerprint density at radius 1 is 1.36 bits per heavy atom. The van der Waals surface area contributed by atoms with E-state index < -0.39 is 0 Å². The molecule has 0 saturated carbocycles. The molecule has 0 bridgehead atoms. The molecule has 0 N–H and O–H groups in total. The first kappa shape index (κ1) is 9.05. The molecule has 0 spiro atoms. The number of likely N-dealkylation sites (tertiary alicyclic amines) is 1. The third-order valence-corrected chi connectivity index (χ3v) is 2.74. The molecular formula is C10H21N. The lowest BCUT2D eigenvalue weighted by atomic mass is 10.0. The van der Waals surface area contributed by atoms with Gasteiger partial charge in [0.05, 0.1) is 0 Å². The van der Waals surface area contributed by atoms with Gasteiger partial charge < -0.3 is 4.90 Å². The summed E-state index contributed by atoms with van der Waals surface area (Å²) in [4.78, 5) is 2.65. The Labute approximate surface area is 70.8 Å². The average Bonchev–Trinajstić information content (AvgIpc) is 2.03. The first-order chi connectivity index (χ1) is 5.34. The van der Waals surface area contributed by atoms with Crippen molar-refractivity contribution in [3.05, 3.63) is 0 Å². The smallest absolute Gasteiger partial charge is 0.00669 e. The van der Waals surface area contributed by atoms with Crippen LogP contribution in [0.3, 0.4) is 0 Å². The van der Waals surface area contributed by atoms with Crippen LogP contribution in [0.1, 0.15) is 46.0 Å². The third kappa shape index (κ3) is 2.82. The van der Waals surface area contributed by atoms with Crippen molar-refractivity contribution >= 4 is 0 Å². The van der Waals surface area contributed by atoms with E-state index in [9.17, 15) is 0 Å². The Morgan fingerprint density at radius 3 is 2.82 bits per heavy atom. The van der Waals surface area contributed by atoms with Crippen molar-refractivity contribution in [1.29, 1.82) is 0 Å². The Balaban J connectivity index is 2.18. The van der Waals surface area contributed by atoms with E-state index in [0.29, 0.717) is 0 Å². The van der Waals surface area contributed by atoms with Gasteiger partial charge in [0.15, 0.2) is 0 Å². The predicted octanol–water partition coefficient (Wildman–Crippen LogP) is 2.66. The van der Waals surface area contributed by atoms with Crippen LogP contribution < -0.4 is 0 Å². The van der Waals surface area contributed by atoms with Crippen LogP contribution in [0.25, 0.3) is 0 Å². The lowest BCUT2D eigenvalue weighted by Gasteiger charge is -2.33. The first-order valence-corrected chi connectivity index (χ1v) is 5.08. The van der Waals surface area contributed by atoms with Gasteiger partial charge in [-0.15, -0.1) is 0 Å². The summed E-state index contributed by atoms with van der Waals surface area (Å²) in [6, 6.07) is 0.857. The molecule has 1 aliphatic rings. The normalized spacial score (nSPS) is 27.3. The quantitative estimate of drug-likeness (QED) is 0.605. The van der Waals surface area contributed by atoms with Gasteiger partial charge in [-0.1, -0.05) is 19.8 Å². The molecule has 0 aromatic rings. The van der Waals surface area contributed by atoms with Gasteiger partial charge in [0.25, 0.3) is 0 Å². The molecule has 0 unspecified atom stereocenters. The molecule has 1 heteroatoms. The number of rotatable bonds is 3. The predicted molar refractivity (Wildman–Crippen MR) is 49.8 cm³/mol. The van der Waals surface area contributed by atoms with Gasteiger partial charge in [0, 0.05) is 6.04 Å². The van der Waals surface area contributed by atoms with Gasteiger partial charge in [-0.25, -0.2) is 0 Å². The maximum atomic E-state index is 2.65. The van der Waals surface area contributed by atoms with E-state index in [0.717, 1.165) is 6.04 Å². The molecule has 66 valence electrons. The number of unbranched alkanes of at least 4 members (excludes halogenated alkanes) is 1. The Morgan fingerprint density at radius 2 is 2.18 bits per heavy atom. The van der Waals surface area contributed by atoms with Crippen molar-refractivity contribution in [3.8, 4) is 0 Å². The molecule has 1 nitrogen and oxygen atoms in total. The van der Waals surface area contributed by atoms with E-state index in [4.69, 9.17) is 0 Å². The average molecular weight is 155 g/mol. The van der Waals surface area contributed by atoms with E-state index in [1.165, 1.54) is 45.2 Å². The number of piperidine rings is 1. The number of hydrogen-bond donors (Lipinski definition) is 0. The van der Waals surface area contributed by atoms with Crippen molar-refractivity contribution < 1.29 is 0 Å². The highest BCUT2D eigenvalue weighted by Gasteiger charge is 2.16. The second kappa shape index (κ2) is 4.76. The minimum atomic E-state index is 0.857. The van der Waals surface area contributed by atoms with Gasteiger partial charge in [0.1, 0.15) is 0 Å². The van der Waals surface area contributed by atoms with Crippen LogP contribution in [0, 0.1) is 0 Å². The molecule has 1 rings (SSSR count). The van der Waals surface area contributed by atoms with E-state index >= 15 is 0 Å². The Bertz CT molecular complexity index is 101. The van der Waals surface area contributed by atoms with Crippen LogP contribution in [0.4, 0.5) is 0 Å². The third-order valence-electron chi connectivity index (χ3n) is 2.74. The fourth-order valence-corrected chi connectivity index (χ4v) is 1.85. The van der Waals surface area contributed by atoms with Gasteiger partial charge in [-0.05, 0) is 39.3 Å². The fraction of sp³-hybridized carbons (Fsp3) is 1.00. The lowest BCUT2D eigenvalue weighted by Crippen LogP contribution is -2.37. The minimum absolute atomic E-state index is 0.857. The molecule has 0 aliphatic carbocycles. The summed E-state index contributed by atoms with van der Waals surface area (Å²) in [6.45, 7) is 7.32. The summed E-state index contributed by atoms with van der Waals surface area (Å²) in [7, 11) is 0. The van der Waals surface area contributed by atoms with Crippen LogP contribution in [-0.2, 0) is 0 Å². The van der Waals surface area contributed by atoms with Crippen molar-refractivity contribution in [1.82, 2.24) is 4.90 Å². The molecule has 11 heavy (non-hydrogen) atoms. The monoisotopic (exact) mass is 155 g/mol. The molecular weight excluding hydrogens is 134 g/mol. The Kier molecular flexibility index (Phi) is 3.92. The first-order valence-electron chi connectivity index (χ1n) is 5.08. The molecule has 1 atom stereocenters. The SMILES string of the molecule is CCCCN1CCCC[C@H]1C. The van der Waals surface area contributed by atoms with Crippen LogP contribution in [0.5, 0.6) is 0 Å². The van der Waals surface area contributed by atoms with Crippen molar-refractivity contribution in [2.24, 2.45) is 0 Å². The summed E-state index contributed by atoms with van der Waals surface area (Å²) in [5.41, 5.74) is 0. The van der Waals surface area contributed by atoms with E-state index in [2.05, 4.69) is 18.7 Å². The summed E-state index contributed by atoms with van der Waals surface area (Å²) in [6.07, 6.45) is 7.01. The fourth-order valence-electron chi connectivity index (χ4n) is 1.85. The maximum absolute atomic E-state index is 2.65. The Hall–Kier alpha value is -0.0400. The summed E-state index contributed by atoms with van der Waals surface area (Å²) in [5.74, 6) is 0. The zero-order chi connectivity index (χ0) is 8.10. The van der Waals surface area contributed by atoms with Crippen LogP contribution in [0.15, 0.2) is 0 Å². The molecule has 0 amide bonds. The summed E-state index contributed by atoms with van der Waals surface area (Å²) in [5, 5.41) is 0. The molecule has 1 aliphatic heterocycles. The second-order valence-corrected chi connectivity index (χ2v) is 3.73. The van der Waals surface area contributed by atoms with E-state index in [-0.39, 0.29) is 0 Å². The van der Waals surface area contributed by atoms with Crippen LogP contribution in [-0.4, -0.2) is 24.0 Å². The van der Waals surface area contributed by atoms with Gasteiger partial charge in [0.2, 0.25) is 0 Å². The molecule has 1 saturated heterocycles. The summed E-state index contributed by atoms with van der Waals surface area (Å²) >= 11 is 0. The van der Waals surface area contributed by atoms with Gasteiger partial charge >= 0.3 is 0 Å². The zero-order valence-corrected chi connectivity index (χ0v) is 7.97. The highest BCUT2D eigenvalue weighted by Crippen LogP contribution is 2.16. The maximum Gasteiger partial charge on any atom is 0.00669 e. The summed E-state index contributed by atoms with van der Waals surface area (Å²) < 4.78 is 0. The van der Waals surface area contributed by atoms with Crippen LogP contribution >= 0.6 is 0 Å². The number of hydrogen-bond acceptors (Lipinski definition) is 1. The van der Waals surface area contributed by atoms with Crippen molar-refractivity contribution in [2.75, 3.05) is 13.1 Å². The molecule has 1 heterocycles. The topological polar surface area (TPSA) is 3.24 Å². The van der Waals surface area contributed by atoms with E-state index in [1.807, 2.05) is 0 Å². The highest BCUT2D eigenvalue weighted by atomic mass is 15.1. The second-order valence-electron chi connectivity index (χ2n) is 3.73. The standard InChI is InChI=1S/C10H21N/c1-3-4-8-11-9-6-5-7-10(11)2/h10H,3-9H2,1-2H3/t10-/m1/s1. The van der Waals surface area contributed by atoms with Crippen molar-refractivity contribution in [3.63, 3.8) is 0 Å². The molecule has 0 radical (unpaired) electrons. The molecule has 0 aromatic carbocycles. The van der Waals surface area contributed by atoms with Crippen molar-refractivity contribution in [2.45, 2.75) is 52.0 Å². The minimum Gasteiger partial charge on any atom is -0.301 e. The molecule has 1 fully saturated rings. The lowest BCUT2D eigenvalue weighted by molar-refractivity contribution is 0.158. The zero-order valence-electron chi connectivity index (χ0n) is 7.97. The van der Waals surface area contributed by atoms with Gasteiger partial charge in [-0.2, -0.15) is 0 Å². The largest absolute Gasteiger partial charge is 0.301 e. The van der Waals surface area contributed by atoms with E-state index in [1.54, 1.807) is 0 Å². The molecule has 0 aromatic heterocycles. The van der Waals surface area contributed by atoms with Crippen LogP contribution in [0.2, 0.25) is 0 Å².